The average Bonchev–Trinajstić information content (AvgIpc) is 3.25. The molecule has 0 spiro atoms. The molecule has 2 aliphatic rings. The summed E-state index contributed by atoms with van der Waals surface area (Å²) in [5.74, 6) is -0.0986. The van der Waals surface area contributed by atoms with Gasteiger partial charge >= 0.3 is 0 Å². The normalized spacial score (nSPS) is 18.7. The highest BCUT2D eigenvalue weighted by molar-refractivity contribution is 8.00. The largest absolute Gasteiger partial charge is 0.379 e. The molecule has 2 saturated heterocycles. The number of ether oxygens (including phenoxy) is 1. The number of hydrogen-bond acceptors (Lipinski definition) is 7. The molecule has 2 aromatic rings. The molecule has 1 aromatic heterocycles. The fourth-order valence-electron chi connectivity index (χ4n) is 4.31. The number of benzene rings is 1. The van der Waals surface area contributed by atoms with Gasteiger partial charge in [-0.1, -0.05) is 11.8 Å². The number of primary amides is 1. The van der Waals surface area contributed by atoms with Gasteiger partial charge in [0.25, 0.3) is 0 Å². The van der Waals surface area contributed by atoms with E-state index in [9.17, 15) is 14.0 Å². The van der Waals surface area contributed by atoms with Crippen LogP contribution in [0.2, 0.25) is 0 Å². The van der Waals surface area contributed by atoms with Crippen molar-refractivity contribution in [3.63, 3.8) is 0 Å². The number of thioether (sulfide) groups is 1. The monoisotopic (exact) mass is 490 g/mol. The number of nitrogens with two attached hydrogens (primary N) is 1. The van der Waals surface area contributed by atoms with Crippen LogP contribution >= 0.6 is 11.8 Å². The van der Waals surface area contributed by atoms with Crippen molar-refractivity contribution < 1.29 is 18.7 Å². The van der Waals surface area contributed by atoms with Crippen molar-refractivity contribution in [1.29, 1.82) is 0 Å². The number of amides is 2. The predicted molar refractivity (Wildman–Crippen MR) is 126 cm³/mol. The summed E-state index contributed by atoms with van der Waals surface area (Å²) in [5, 5.41) is 9.06. The van der Waals surface area contributed by atoms with Crippen LogP contribution in [0.25, 0.3) is 11.4 Å². The van der Waals surface area contributed by atoms with Gasteiger partial charge in [0.1, 0.15) is 5.82 Å². The summed E-state index contributed by atoms with van der Waals surface area (Å²) in [6.45, 7) is 7.53. The maximum absolute atomic E-state index is 13.5. The van der Waals surface area contributed by atoms with Gasteiger partial charge in [0.05, 0.1) is 18.5 Å². The molecule has 1 atom stereocenters. The lowest BCUT2D eigenvalue weighted by molar-refractivity contribution is -0.134. The number of carbonyl (C=O) groups excluding carboxylic acids is 2. The van der Waals surface area contributed by atoms with Crippen LogP contribution in [-0.4, -0.2) is 87.6 Å². The summed E-state index contributed by atoms with van der Waals surface area (Å²) < 4.78 is 20.9. The number of rotatable bonds is 8. The molecular formula is C23H31FN6O3S. The molecule has 2 aliphatic heterocycles. The molecule has 9 nitrogen and oxygen atoms in total. The Kier molecular flexibility index (Phi) is 8.17. The van der Waals surface area contributed by atoms with E-state index in [1.54, 1.807) is 17.0 Å². The number of carbonyl (C=O) groups is 2. The molecule has 2 N–H and O–H groups in total. The summed E-state index contributed by atoms with van der Waals surface area (Å²) in [7, 11) is 0. The Morgan fingerprint density at radius 3 is 2.44 bits per heavy atom. The van der Waals surface area contributed by atoms with E-state index in [0.717, 1.165) is 25.2 Å². The Morgan fingerprint density at radius 2 is 1.79 bits per heavy atom. The van der Waals surface area contributed by atoms with Crippen molar-refractivity contribution in [2.24, 2.45) is 11.7 Å². The summed E-state index contributed by atoms with van der Waals surface area (Å²) in [4.78, 5) is 28.6. The summed E-state index contributed by atoms with van der Waals surface area (Å²) >= 11 is 1.37. The third-order valence-electron chi connectivity index (χ3n) is 6.40. The van der Waals surface area contributed by atoms with Crippen LogP contribution in [0.3, 0.4) is 0 Å². The third kappa shape index (κ3) is 5.94. The number of nitrogens with zero attached hydrogens (tertiary/aromatic N) is 5. The quantitative estimate of drug-likeness (QED) is 0.561. The lowest BCUT2D eigenvalue weighted by Crippen LogP contribution is -2.44. The molecule has 3 heterocycles. The van der Waals surface area contributed by atoms with E-state index in [-0.39, 0.29) is 28.8 Å². The minimum Gasteiger partial charge on any atom is -0.379 e. The zero-order valence-electron chi connectivity index (χ0n) is 19.4. The van der Waals surface area contributed by atoms with Crippen molar-refractivity contribution in [3.05, 3.63) is 30.1 Å². The minimum absolute atomic E-state index is 0.0129. The minimum atomic E-state index is -0.363. The number of halogens is 1. The molecule has 34 heavy (non-hydrogen) atoms. The average molecular weight is 491 g/mol. The zero-order valence-corrected chi connectivity index (χ0v) is 20.2. The lowest BCUT2D eigenvalue weighted by Gasteiger charge is -2.32. The van der Waals surface area contributed by atoms with Crippen molar-refractivity contribution in [3.8, 4) is 11.4 Å². The summed E-state index contributed by atoms with van der Waals surface area (Å²) in [5.41, 5.74) is 6.19. The van der Waals surface area contributed by atoms with Crippen LogP contribution in [0.5, 0.6) is 0 Å². The molecule has 4 rings (SSSR count). The molecule has 0 saturated carbocycles. The highest BCUT2D eigenvalue weighted by atomic mass is 32.2. The second-order valence-electron chi connectivity index (χ2n) is 8.68. The van der Waals surface area contributed by atoms with Crippen molar-refractivity contribution in [2.75, 3.05) is 45.9 Å². The molecule has 0 radical (unpaired) electrons. The van der Waals surface area contributed by atoms with E-state index in [1.807, 2.05) is 11.5 Å². The smallest absolute Gasteiger partial charge is 0.235 e. The van der Waals surface area contributed by atoms with Gasteiger partial charge in [-0.15, -0.1) is 10.2 Å². The van der Waals surface area contributed by atoms with Crippen LogP contribution in [0.4, 0.5) is 4.39 Å². The van der Waals surface area contributed by atoms with Crippen LogP contribution in [0.15, 0.2) is 29.4 Å². The first-order valence-electron chi connectivity index (χ1n) is 11.7. The molecular weight excluding hydrogens is 459 g/mol. The maximum atomic E-state index is 13.5. The van der Waals surface area contributed by atoms with Crippen LogP contribution in [0.1, 0.15) is 19.8 Å². The van der Waals surface area contributed by atoms with Gasteiger partial charge in [-0.25, -0.2) is 4.39 Å². The Morgan fingerprint density at radius 1 is 1.12 bits per heavy atom. The number of piperidine rings is 1. The molecule has 184 valence electrons. The first-order chi connectivity index (χ1) is 16.4. The van der Waals surface area contributed by atoms with E-state index in [1.165, 1.54) is 23.9 Å². The van der Waals surface area contributed by atoms with Crippen molar-refractivity contribution in [2.45, 2.75) is 36.7 Å². The van der Waals surface area contributed by atoms with Crippen molar-refractivity contribution >= 4 is 23.6 Å². The molecule has 2 amide bonds. The Bertz CT molecular complexity index is 987. The molecule has 0 bridgehead atoms. The topological polar surface area (TPSA) is 107 Å². The molecule has 1 unspecified atom stereocenters. The first-order valence-corrected chi connectivity index (χ1v) is 12.5. The van der Waals surface area contributed by atoms with Gasteiger partial charge in [0, 0.05) is 50.7 Å². The fraction of sp³-hybridized carbons (Fsp3) is 0.565. The molecule has 2 fully saturated rings. The summed E-state index contributed by atoms with van der Waals surface area (Å²) in [6.07, 6.45) is 1.20. The van der Waals surface area contributed by atoms with Gasteiger partial charge in [0.15, 0.2) is 11.0 Å². The second-order valence-corrected chi connectivity index (χ2v) is 9.99. The highest BCUT2D eigenvalue weighted by Gasteiger charge is 2.30. The Balaban J connectivity index is 1.48. The third-order valence-corrected chi connectivity index (χ3v) is 7.47. The number of hydrogen-bond donors (Lipinski definition) is 1. The second kappa shape index (κ2) is 11.3. The van der Waals surface area contributed by atoms with Gasteiger partial charge in [-0.3, -0.25) is 14.5 Å². The van der Waals surface area contributed by atoms with Crippen LogP contribution < -0.4 is 5.73 Å². The highest BCUT2D eigenvalue weighted by Crippen LogP contribution is 2.29. The van der Waals surface area contributed by atoms with E-state index in [2.05, 4.69) is 15.1 Å². The van der Waals surface area contributed by atoms with E-state index in [0.29, 0.717) is 56.7 Å². The standard InChI is InChI=1S/C23H31FN6O3S/c1-16(22(32)29-8-6-17(7-9-29)20(25)31)34-23-27-26-21(18-2-4-19(24)5-3-18)30(23)11-10-28-12-14-33-15-13-28/h2-5,16-17H,6-15H2,1H3,(H2,25,31). The van der Waals surface area contributed by atoms with Gasteiger partial charge in [-0.05, 0) is 44.0 Å². The Labute approximate surface area is 202 Å². The number of aromatic nitrogens is 3. The van der Waals surface area contributed by atoms with Crippen molar-refractivity contribution in [1.82, 2.24) is 24.6 Å². The van der Waals surface area contributed by atoms with Crippen LogP contribution in [-0.2, 0) is 20.9 Å². The van der Waals surface area contributed by atoms with Gasteiger partial charge in [-0.2, -0.15) is 0 Å². The summed E-state index contributed by atoms with van der Waals surface area (Å²) in [6, 6.07) is 6.20. The number of likely N-dealkylation sites (tertiary alicyclic amines) is 1. The van der Waals surface area contributed by atoms with Gasteiger partial charge in [0.2, 0.25) is 11.8 Å². The van der Waals surface area contributed by atoms with Crippen LogP contribution in [0, 0.1) is 11.7 Å². The molecule has 11 heteroatoms. The van der Waals surface area contributed by atoms with E-state index < -0.39 is 0 Å². The first kappa shape index (κ1) is 24.6. The molecule has 0 aliphatic carbocycles. The van der Waals surface area contributed by atoms with Gasteiger partial charge < -0.3 is 19.9 Å². The SMILES string of the molecule is CC(Sc1nnc(-c2ccc(F)cc2)n1CCN1CCOCC1)C(=O)N1CCC(C(N)=O)CC1. The van der Waals surface area contributed by atoms with E-state index in [4.69, 9.17) is 10.5 Å². The fourth-order valence-corrected chi connectivity index (χ4v) is 5.27. The number of morpholine rings is 1. The molecule has 1 aromatic carbocycles. The lowest BCUT2D eigenvalue weighted by atomic mass is 9.96. The predicted octanol–water partition coefficient (Wildman–Crippen LogP) is 1.62. The Hall–Kier alpha value is -2.50. The van der Waals surface area contributed by atoms with E-state index >= 15 is 0 Å². The zero-order chi connectivity index (χ0) is 24.1. The maximum Gasteiger partial charge on any atom is 0.235 e.